The van der Waals surface area contributed by atoms with E-state index in [0.29, 0.717) is 6.54 Å². The lowest BCUT2D eigenvalue weighted by Crippen LogP contribution is -2.47. The van der Waals surface area contributed by atoms with Crippen molar-refractivity contribution >= 4 is 22.4 Å². The van der Waals surface area contributed by atoms with Crippen molar-refractivity contribution in [1.29, 1.82) is 0 Å². The molecule has 1 aromatic rings. The Bertz CT molecular complexity index is 335. The van der Waals surface area contributed by atoms with Gasteiger partial charge in [0.05, 0.1) is 6.54 Å². The third-order valence-corrected chi connectivity index (χ3v) is 3.50. The summed E-state index contributed by atoms with van der Waals surface area (Å²) in [5.41, 5.74) is 0. The van der Waals surface area contributed by atoms with Crippen LogP contribution in [-0.2, 0) is 4.79 Å². The normalized spacial score (nSPS) is 17.3. The molecule has 1 aliphatic heterocycles. The van der Waals surface area contributed by atoms with E-state index in [-0.39, 0.29) is 5.91 Å². The SMILES string of the molecule is CN(C(=O)CN1CCNCC1)c1nccs1. The second-order valence-corrected chi connectivity index (χ2v) is 4.67. The number of rotatable bonds is 3. The molecule has 0 spiro atoms. The molecule has 0 saturated carbocycles. The summed E-state index contributed by atoms with van der Waals surface area (Å²) < 4.78 is 0. The first-order chi connectivity index (χ1) is 7.77. The molecule has 6 heteroatoms. The highest BCUT2D eigenvalue weighted by Crippen LogP contribution is 2.15. The van der Waals surface area contributed by atoms with Gasteiger partial charge >= 0.3 is 0 Å². The first kappa shape index (κ1) is 11.5. The zero-order valence-corrected chi connectivity index (χ0v) is 10.2. The summed E-state index contributed by atoms with van der Waals surface area (Å²) in [5, 5.41) is 5.91. The molecule has 1 aromatic heterocycles. The minimum atomic E-state index is 0.108. The summed E-state index contributed by atoms with van der Waals surface area (Å²) in [7, 11) is 1.78. The Balaban J connectivity index is 1.87. The molecule has 0 radical (unpaired) electrons. The van der Waals surface area contributed by atoms with Crippen LogP contribution in [0.1, 0.15) is 0 Å². The molecule has 0 atom stereocenters. The van der Waals surface area contributed by atoms with Crippen LogP contribution >= 0.6 is 11.3 Å². The van der Waals surface area contributed by atoms with Crippen molar-refractivity contribution in [2.45, 2.75) is 0 Å². The van der Waals surface area contributed by atoms with Gasteiger partial charge in [0, 0.05) is 44.8 Å². The monoisotopic (exact) mass is 240 g/mol. The summed E-state index contributed by atoms with van der Waals surface area (Å²) in [4.78, 5) is 19.9. The summed E-state index contributed by atoms with van der Waals surface area (Å²) >= 11 is 1.48. The fourth-order valence-corrected chi connectivity index (χ4v) is 2.28. The van der Waals surface area contributed by atoms with E-state index in [9.17, 15) is 4.79 Å². The van der Waals surface area contributed by atoms with Crippen molar-refractivity contribution in [2.75, 3.05) is 44.7 Å². The number of piperazine rings is 1. The van der Waals surface area contributed by atoms with E-state index >= 15 is 0 Å². The molecule has 1 saturated heterocycles. The maximum Gasteiger partial charge on any atom is 0.242 e. The van der Waals surface area contributed by atoms with Crippen LogP contribution in [0.2, 0.25) is 0 Å². The highest BCUT2D eigenvalue weighted by Gasteiger charge is 2.18. The van der Waals surface area contributed by atoms with Gasteiger partial charge in [-0.15, -0.1) is 11.3 Å². The summed E-state index contributed by atoms with van der Waals surface area (Å²) in [6, 6.07) is 0. The lowest BCUT2D eigenvalue weighted by Gasteiger charge is -2.27. The van der Waals surface area contributed by atoms with Gasteiger partial charge in [0.1, 0.15) is 0 Å². The number of aromatic nitrogens is 1. The first-order valence-electron chi connectivity index (χ1n) is 5.36. The van der Waals surface area contributed by atoms with Gasteiger partial charge < -0.3 is 5.32 Å². The third-order valence-electron chi connectivity index (χ3n) is 2.65. The van der Waals surface area contributed by atoms with E-state index in [4.69, 9.17) is 0 Å². The fraction of sp³-hybridized carbons (Fsp3) is 0.600. The smallest absolute Gasteiger partial charge is 0.242 e. The lowest BCUT2D eigenvalue weighted by atomic mass is 10.3. The first-order valence-corrected chi connectivity index (χ1v) is 6.24. The molecule has 16 heavy (non-hydrogen) atoms. The number of amides is 1. The predicted molar refractivity (Wildman–Crippen MR) is 64.8 cm³/mol. The van der Waals surface area contributed by atoms with Crippen molar-refractivity contribution in [3.63, 3.8) is 0 Å². The second-order valence-electron chi connectivity index (χ2n) is 3.79. The molecule has 2 rings (SSSR count). The molecule has 1 fully saturated rings. The minimum Gasteiger partial charge on any atom is -0.314 e. The van der Waals surface area contributed by atoms with Crippen LogP contribution < -0.4 is 10.2 Å². The molecule has 1 aliphatic rings. The van der Waals surface area contributed by atoms with E-state index in [1.807, 2.05) is 5.38 Å². The Morgan fingerprint density at radius 1 is 1.62 bits per heavy atom. The lowest BCUT2D eigenvalue weighted by molar-refractivity contribution is -0.119. The van der Waals surface area contributed by atoms with E-state index in [1.165, 1.54) is 11.3 Å². The van der Waals surface area contributed by atoms with Gasteiger partial charge in [0.25, 0.3) is 0 Å². The van der Waals surface area contributed by atoms with Crippen molar-refractivity contribution in [1.82, 2.24) is 15.2 Å². The van der Waals surface area contributed by atoms with Crippen LogP contribution in [0.25, 0.3) is 0 Å². The number of nitrogens with one attached hydrogen (secondary N) is 1. The van der Waals surface area contributed by atoms with Crippen LogP contribution in [0.15, 0.2) is 11.6 Å². The van der Waals surface area contributed by atoms with Crippen LogP contribution in [-0.4, -0.2) is 55.6 Å². The summed E-state index contributed by atoms with van der Waals surface area (Å²) in [6.45, 7) is 4.30. The highest BCUT2D eigenvalue weighted by molar-refractivity contribution is 7.13. The Hall–Kier alpha value is -0.980. The number of carbonyl (C=O) groups is 1. The van der Waals surface area contributed by atoms with Gasteiger partial charge in [-0.2, -0.15) is 0 Å². The fourth-order valence-electron chi connectivity index (χ4n) is 1.65. The maximum absolute atomic E-state index is 11.9. The van der Waals surface area contributed by atoms with Gasteiger partial charge in [0.15, 0.2) is 5.13 Å². The Morgan fingerprint density at radius 3 is 3.00 bits per heavy atom. The van der Waals surface area contributed by atoms with E-state index < -0.39 is 0 Å². The molecule has 0 aliphatic carbocycles. The number of likely N-dealkylation sites (N-methyl/N-ethyl adjacent to an activating group) is 1. The van der Waals surface area contributed by atoms with Gasteiger partial charge in [-0.25, -0.2) is 4.98 Å². The second kappa shape index (κ2) is 5.38. The van der Waals surface area contributed by atoms with E-state index in [0.717, 1.165) is 31.3 Å². The van der Waals surface area contributed by atoms with E-state index in [1.54, 1.807) is 18.1 Å². The number of hydrogen-bond acceptors (Lipinski definition) is 5. The summed E-state index contributed by atoms with van der Waals surface area (Å²) in [5.74, 6) is 0.108. The average molecular weight is 240 g/mol. The standard InChI is InChI=1S/C10H16N4OS/c1-13(10-12-4-7-16-10)9(15)8-14-5-2-11-3-6-14/h4,7,11H,2-3,5-6,8H2,1H3. The van der Waals surface area contributed by atoms with Gasteiger partial charge in [0.2, 0.25) is 5.91 Å². The van der Waals surface area contributed by atoms with E-state index in [2.05, 4.69) is 15.2 Å². The molecule has 5 nitrogen and oxygen atoms in total. The third kappa shape index (κ3) is 2.78. The Labute approximate surface area is 99.1 Å². The molecule has 2 heterocycles. The number of carbonyl (C=O) groups excluding carboxylic acids is 1. The van der Waals surface area contributed by atoms with Crippen molar-refractivity contribution in [3.05, 3.63) is 11.6 Å². The molecular weight excluding hydrogens is 224 g/mol. The Morgan fingerprint density at radius 2 is 2.38 bits per heavy atom. The number of anilines is 1. The zero-order valence-electron chi connectivity index (χ0n) is 9.35. The van der Waals surface area contributed by atoms with Crippen molar-refractivity contribution in [3.8, 4) is 0 Å². The topological polar surface area (TPSA) is 48.5 Å². The molecule has 1 N–H and O–H groups in total. The van der Waals surface area contributed by atoms with Crippen LogP contribution in [0.5, 0.6) is 0 Å². The number of nitrogens with zero attached hydrogens (tertiary/aromatic N) is 3. The molecule has 0 bridgehead atoms. The van der Waals surface area contributed by atoms with Gasteiger partial charge in [-0.1, -0.05) is 0 Å². The average Bonchev–Trinajstić information content (AvgIpc) is 2.83. The molecular formula is C10H16N4OS. The highest BCUT2D eigenvalue weighted by atomic mass is 32.1. The van der Waals surface area contributed by atoms with Crippen molar-refractivity contribution in [2.24, 2.45) is 0 Å². The largest absolute Gasteiger partial charge is 0.314 e. The molecule has 0 aromatic carbocycles. The maximum atomic E-state index is 11.9. The van der Waals surface area contributed by atoms with Crippen LogP contribution in [0, 0.1) is 0 Å². The predicted octanol–water partition coefficient (Wildman–Crippen LogP) is 0.0111. The molecule has 0 unspecified atom stereocenters. The molecule has 1 amide bonds. The minimum absolute atomic E-state index is 0.108. The van der Waals surface area contributed by atoms with Crippen LogP contribution in [0.3, 0.4) is 0 Å². The number of thiazole rings is 1. The zero-order chi connectivity index (χ0) is 11.4. The van der Waals surface area contributed by atoms with Gasteiger partial charge in [-0.05, 0) is 0 Å². The summed E-state index contributed by atoms with van der Waals surface area (Å²) in [6.07, 6.45) is 1.72. The quantitative estimate of drug-likeness (QED) is 0.808. The number of hydrogen-bond donors (Lipinski definition) is 1. The van der Waals surface area contributed by atoms with Gasteiger partial charge in [-0.3, -0.25) is 14.6 Å². The van der Waals surface area contributed by atoms with Crippen LogP contribution in [0.4, 0.5) is 5.13 Å². The molecule has 88 valence electrons. The van der Waals surface area contributed by atoms with Crippen molar-refractivity contribution < 1.29 is 4.79 Å². The Kier molecular flexibility index (Phi) is 3.87.